The van der Waals surface area contributed by atoms with Crippen molar-refractivity contribution in [2.24, 2.45) is 56.7 Å². The second kappa shape index (κ2) is 12.5. The maximum absolute atomic E-state index is 14.0. The molecule has 10 atom stereocenters. The van der Waals surface area contributed by atoms with E-state index in [9.17, 15) is 27.8 Å². The first-order chi connectivity index (χ1) is 23.8. The summed E-state index contributed by atoms with van der Waals surface area (Å²) in [6.07, 6.45) is 20.0. The van der Waals surface area contributed by atoms with Gasteiger partial charge in [0.25, 0.3) is 0 Å². The van der Waals surface area contributed by atoms with Gasteiger partial charge < -0.3 is 15.5 Å². The highest BCUT2D eigenvalue weighted by Gasteiger charge is 2.70. The molecule has 1 heterocycles. The van der Waals surface area contributed by atoms with E-state index in [0.29, 0.717) is 61.7 Å². The summed E-state index contributed by atoms with van der Waals surface area (Å²) in [6.45, 7) is 17.1. The number of hydrogen-bond acceptors (Lipinski definition) is 5. The maximum atomic E-state index is 14.0. The SMILES string of the molecule is C=C[C@@H]1CC[C@]2(NCCC3(O)CCS(=O)(=O)CC3)CC[C@]3(C)[C@H](CC[C@@H]4[C@@]5(C)CC=C(C6=CC[C@](CF)(C(=O)O)CC6)C(C)(C)[C@@H]5CC[C@]43C)[C@@H]12. The second-order valence-electron chi connectivity index (χ2n) is 20.0. The summed E-state index contributed by atoms with van der Waals surface area (Å²) in [6, 6.07) is 0. The molecule has 0 aromatic carbocycles. The molecule has 0 bridgehead atoms. The van der Waals surface area contributed by atoms with Crippen LogP contribution in [0.1, 0.15) is 131 Å². The van der Waals surface area contributed by atoms with Crippen LogP contribution in [-0.4, -0.2) is 60.5 Å². The van der Waals surface area contributed by atoms with Crippen molar-refractivity contribution in [3.63, 3.8) is 0 Å². The van der Waals surface area contributed by atoms with Crippen molar-refractivity contribution in [3.05, 3.63) is 36.0 Å². The highest BCUT2D eigenvalue weighted by Crippen LogP contribution is 2.76. The lowest BCUT2D eigenvalue weighted by Crippen LogP contribution is -2.68. The van der Waals surface area contributed by atoms with Gasteiger partial charge in [0.2, 0.25) is 0 Å². The number of carbonyl (C=O) groups is 1. The molecule has 1 aliphatic heterocycles. The van der Waals surface area contributed by atoms with Crippen molar-refractivity contribution in [1.29, 1.82) is 0 Å². The molecule has 1 saturated heterocycles. The van der Waals surface area contributed by atoms with Gasteiger partial charge in [-0.2, -0.15) is 0 Å². The normalized spacial score (nSPS) is 46.7. The first-order valence-electron chi connectivity index (χ1n) is 20.3. The molecule has 6 aliphatic carbocycles. The zero-order chi connectivity index (χ0) is 36.9. The van der Waals surface area contributed by atoms with Crippen molar-refractivity contribution in [2.75, 3.05) is 24.7 Å². The third-order valence-corrected chi connectivity index (χ3v) is 19.5. The van der Waals surface area contributed by atoms with Crippen LogP contribution >= 0.6 is 0 Å². The minimum absolute atomic E-state index is 0.0333. The largest absolute Gasteiger partial charge is 0.481 e. The van der Waals surface area contributed by atoms with E-state index in [1.54, 1.807) is 0 Å². The molecule has 8 heteroatoms. The predicted octanol–water partition coefficient (Wildman–Crippen LogP) is 8.61. The van der Waals surface area contributed by atoms with Crippen LogP contribution in [0.4, 0.5) is 4.39 Å². The van der Waals surface area contributed by atoms with Crippen LogP contribution in [0, 0.1) is 56.7 Å². The van der Waals surface area contributed by atoms with Gasteiger partial charge in [0, 0.05) is 5.54 Å². The number of nitrogens with one attached hydrogen (secondary N) is 1. The number of sulfone groups is 1. The lowest BCUT2D eigenvalue weighted by atomic mass is 9.33. The minimum Gasteiger partial charge on any atom is -0.481 e. The minimum atomic E-state index is -3.02. The highest BCUT2D eigenvalue weighted by molar-refractivity contribution is 7.91. The van der Waals surface area contributed by atoms with Crippen molar-refractivity contribution in [2.45, 2.75) is 142 Å². The number of alkyl halides is 1. The van der Waals surface area contributed by atoms with Gasteiger partial charge in [0.1, 0.15) is 6.67 Å². The molecular formula is C43H66FNO5S. The number of carboxylic acids is 1. The number of carboxylic acid groups (broad SMARTS) is 1. The first kappa shape index (κ1) is 37.8. The third kappa shape index (κ3) is 5.63. The van der Waals surface area contributed by atoms with Gasteiger partial charge >= 0.3 is 5.97 Å². The quantitative estimate of drug-likeness (QED) is 0.217. The van der Waals surface area contributed by atoms with Gasteiger partial charge in [0.15, 0.2) is 9.84 Å². The van der Waals surface area contributed by atoms with Crippen LogP contribution in [-0.2, 0) is 14.6 Å². The van der Waals surface area contributed by atoms with Crippen LogP contribution in [0.25, 0.3) is 0 Å². The smallest absolute Gasteiger partial charge is 0.312 e. The Morgan fingerprint density at radius 2 is 1.65 bits per heavy atom. The predicted molar refractivity (Wildman–Crippen MR) is 202 cm³/mol. The number of hydrogen-bond donors (Lipinski definition) is 3. The van der Waals surface area contributed by atoms with Crippen LogP contribution in [0.2, 0.25) is 0 Å². The Labute approximate surface area is 307 Å². The molecule has 0 spiro atoms. The van der Waals surface area contributed by atoms with Gasteiger partial charge in [-0.1, -0.05) is 52.8 Å². The molecule has 5 fully saturated rings. The number of fused-ring (bicyclic) bond motifs is 7. The molecule has 6 nitrogen and oxygen atoms in total. The molecule has 0 radical (unpaired) electrons. The monoisotopic (exact) mass is 727 g/mol. The van der Waals surface area contributed by atoms with E-state index in [-0.39, 0.29) is 45.1 Å². The zero-order valence-corrected chi connectivity index (χ0v) is 33.0. The van der Waals surface area contributed by atoms with E-state index in [1.807, 2.05) is 0 Å². The third-order valence-electron chi connectivity index (χ3n) is 17.9. The van der Waals surface area contributed by atoms with E-state index >= 15 is 0 Å². The fourth-order valence-electron chi connectivity index (χ4n) is 14.6. The Bertz CT molecular complexity index is 1590. The Hall–Kier alpha value is -1.51. The maximum Gasteiger partial charge on any atom is 0.312 e. The fourth-order valence-corrected chi connectivity index (χ4v) is 16.2. The lowest BCUT2D eigenvalue weighted by molar-refractivity contribution is -0.220. The zero-order valence-electron chi connectivity index (χ0n) is 32.2. The van der Waals surface area contributed by atoms with Crippen LogP contribution in [0.3, 0.4) is 0 Å². The topological polar surface area (TPSA) is 104 Å². The summed E-state index contributed by atoms with van der Waals surface area (Å²) >= 11 is 0. The van der Waals surface area contributed by atoms with E-state index in [0.717, 1.165) is 32.2 Å². The summed E-state index contributed by atoms with van der Waals surface area (Å²) in [4.78, 5) is 12.0. The molecule has 0 aromatic heterocycles. The summed E-state index contributed by atoms with van der Waals surface area (Å²) < 4.78 is 38.1. The molecular weight excluding hydrogens is 662 g/mol. The number of halogens is 1. The number of rotatable bonds is 8. The van der Waals surface area contributed by atoms with E-state index in [4.69, 9.17) is 0 Å². The van der Waals surface area contributed by atoms with Gasteiger partial charge in [-0.3, -0.25) is 4.79 Å². The van der Waals surface area contributed by atoms with Crippen molar-refractivity contribution >= 4 is 15.8 Å². The van der Waals surface area contributed by atoms with Crippen LogP contribution in [0.5, 0.6) is 0 Å². The Morgan fingerprint density at radius 1 is 0.922 bits per heavy atom. The Kier molecular flexibility index (Phi) is 9.27. The second-order valence-corrected chi connectivity index (χ2v) is 22.3. The molecule has 0 amide bonds. The molecule has 0 unspecified atom stereocenters. The summed E-state index contributed by atoms with van der Waals surface area (Å²) in [5, 5.41) is 25.2. The average molecular weight is 728 g/mol. The summed E-state index contributed by atoms with van der Waals surface area (Å²) in [5.74, 6) is 1.94. The van der Waals surface area contributed by atoms with E-state index < -0.39 is 33.5 Å². The summed E-state index contributed by atoms with van der Waals surface area (Å²) in [7, 11) is -3.02. The van der Waals surface area contributed by atoms with Crippen molar-refractivity contribution < 1.29 is 27.8 Å². The highest BCUT2D eigenvalue weighted by atomic mass is 32.2. The lowest BCUT2D eigenvalue weighted by Gasteiger charge is -2.72. The van der Waals surface area contributed by atoms with Crippen molar-refractivity contribution in [1.82, 2.24) is 5.32 Å². The fraction of sp³-hybridized carbons (Fsp3) is 0.837. The number of aliphatic carboxylic acids is 1. The van der Waals surface area contributed by atoms with Gasteiger partial charge in [-0.05, 0) is 165 Å². The molecule has 51 heavy (non-hydrogen) atoms. The molecule has 0 aromatic rings. The Morgan fingerprint density at radius 3 is 2.27 bits per heavy atom. The van der Waals surface area contributed by atoms with Gasteiger partial charge in [0.05, 0.1) is 22.5 Å². The average Bonchev–Trinajstić information content (AvgIpc) is 3.45. The molecule has 7 rings (SSSR count). The van der Waals surface area contributed by atoms with E-state index in [1.165, 1.54) is 43.3 Å². The molecule has 7 aliphatic rings. The number of allylic oxidation sites excluding steroid dienone is 5. The Balaban J connectivity index is 1.12. The van der Waals surface area contributed by atoms with Gasteiger partial charge in [-0.15, -0.1) is 6.58 Å². The van der Waals surface area contributed by atoms with Gasteiger partial charge in [-0.25, -0.2) is 12.8 Å². The number of aliphatic hydroxyl groups is 1. The molecule has 3 N–H and O–H groups in total. The molecule has 4 saturated carbocycles. The summed E-state index contributed by atoms with van der Waals surface area (Å²) in [5.41, 5.74) is 1.11. The first-order valence-corrected chi connectivity index (χ1v) is 22.2. The molecule has 286 valence electrons. The van der Waals surface area contributed by atoms with Crippen LogP contribution < -0.4 is 5.32 Å². The van der Waals surface area contributed by atoms with Crippen molar-refractivity contribution in [3.8, 4) is 0 Å². The van der Waals surface area contributed by atoms with E-state index in [2.05, 4.69) is 64.7 Å². The standard InChI is InChI=1S/C43H66FNO5S/c1-7-29-12-19-43(45-25-22-42(48)23-26-51(49,50)27-24-42)21-20-39(5)32(35(29)43)8-9-34-38(4)15-13-31(37(2,3)33(38)14-16-40(34,39)6)30-10-17-41(28-44,18-11-30)36(46)47/h7,10,13,29,32-35,45,48H,1,8-9,11-12,14-28H2,2-6H3,(H,46,47)/t29-,32-,33+,34-,35-,38+,39-,40-,41+,43+/m1/s1. The van der Waals surface area contributed by atoms with Crippen LogP contribution in [0.15, 0.2) is 36.0 Å².